The molecule has 1 aliphatic rings. The predicted molar refractivity (Wildman–Crippen MR) is 99.8 cm³/mol. The van der Waals surface area contributed by atoms with Crippen molar-refractivity contribution >= 4 is 17.5 Å². The Morgan fingerprint density at radius 3 is 2.79 bits per heavy atom. The maximum Gasteiger partial charge on any atom is 0.254 e. The van der Waals surface area contributed by atoms with Crippen LogP contribution in [-0.4, -0.2) is 43.2 Å². The minimum Gasteiger partial charge on any atom is -0.376 e. The van der Waals surface area contributed by atoms with E-state index in [-0.39, 0.29) is 23.2 Å². The number of amides is 1. The SMILES string of the molecule is C[C@H]1CN([C@H](CNC(=O)c2cc(F)ccc2F)c2c(F)cccc2Cl)CCO1. The van der Waals surface area contributed by atoms with Crippen molar-refractivity contribution in [2.45, 2.75) is 19.1 Å². The first-order valence-electron chi connectivity index (χ1n) is 8.89. The van der Waals surface area contributed by atoms with E-state index < -0.39 is 35.0 Å². The highest BCUT2D eigenvalue weighted by Crippen LogP contribution is 2.31. The molecular weight excluding hydrogens is 393 g/mol. The van der Waals surface area contributed by atoms with Crippen LogP contribution in [0.25, 0.3) is 0 Å². The summed E-state index contributed by atoms with van der Waals surface area (Å²) < 4.78 is 47.3. The van der Waals surface area contributed by atoms with Crippen LogP contribution in [0.1, 0.15) is 28.9 Å². The summed E-state index contributed by atoms with van der Waals surface area (Å²) in [5.41, 5.74) is -0.160. The third-order valence-electron chi connectivity index (χ3n) is 4.68. The van der Waals surface area contributed by atoms with E-state index in [0.717, 1.165) is 18.2 Å². The summed E-state index contributed by atoms with van der Waals surface area (Å²) >= 11 is 6.24. The molecule has 0 saturated carbocycles. The fourth-order valence-electron chi connectivity index (χ4n) is 3.33. The molecule has 1 heterocycles. The number of nitrogens with zero attached hydrogens (tertiary/aromatic N) is 1. The van der Waals surface area contributed by atoms with Crippen LogP contribution in [-0.2, 0) is 4.74 Å². The standard InChI is InChI=1S/C20H20ClF3N2O2/c1-12-11-26(7-8-28-12)18(19-15(21)3-2-4-17(19)24)10-25-20(27)14-9-13(22)5-6-16(14)23/h2-6,9,12,18H,7-8,10-11H2,1H3,(H,25,27)/t12-,18+/m0/s1. The van der Waals surface area contributed by atoms with Gasteiger partial charge in [0.25, 0.3) is 5.91 Å². The Kier molecular flexibility index (Phi) is 6.59. The lowest BCUT2D eigenvalue weighted by Gasteiger charge is -2.38. The van der Waals surface area contributed by atoms with Gasteiger partial charge in [-0.25, -0.2) is 13.2 Å². The summed E-state index contributed by atoms with van der Waals surface area (Å²) in [5.74, 6) is -2.83. The molecule has 0 spiro atoms. The number of nitrogens with one attached hydrogen (secondary N) is 1. The van der Waals surface area contributed by atoms with Crippen molar-refractivity contribution < 1.29 is 22.7 Å². The average molecular weight is 413 g/mol. The normalized spacial score (nSPS) is 18.7. The lowest BCUT2D eigenvalue weighted by molar-refractivity contribution is -0.0346. The molecule has 1 aliphatic heterocycles. The number of morpholine rings is 1. The molecule has 2 atom stereocenters. The van der Waals surface area contributed by atoms with E-state index in [2.05, 4.69) is 5.32 Å². The number of carbonyl (C=O) groups is 1. The number of ether oxygens (including phenoxy) is 1. The van der Waals surface area contributed by atoms with E-state index in [9.17, 15) is 18.0 Å². The van der Waals surface area contributed by atoms with Crippen LogP contribution in [0.15, 0.2) is 36.4 Å². The van der Waals surface area contributed by atoms with Gasteiger partial charge in [-0.2, -0.15) is 0 Å². The first kappa shape index (κ1) is 20.6. The molecular formula is C20H20ClF3N2O2. The molecule has 2 aromatic rings. The monoisotopic (exact) mass is 412 g/mol. The molecule has 28 heavy (non-hydrogen) atoms. The van der Waals surface area contributed by atoms with Gasteiger partial charge in [0.1, 0.15) is 17.5 Å². The van der Waals surface area contributed by atoms with Crippen LogP contribution in [0.3, 0.4) is 0 Å². The molecule has 1 saturated heterocycles. The molecule has 4 nitrogen and oxygen atoms in total. The fourth-order valence-corrected chi connectivity index (χ4v) is 3.62. The topological polar surface area (TPSA) is 41.6 Å². The van der Waals surface area contributed by atoms with Gasteiger partial charge in [-0.15, -0.1) is 0 Å². The van der Waals surface area contributed by atoms with Crippen LogP contribution in [0.4, 0.5) is 13.2 Å². The minimum absolute atomic E-state index is 0.0256. The van der Waals surface area contributed by atoms with Crippen molar-refractivity contribution in [3.63, 3.8) is 0 Å². The maximum absolute atomic E-state index is 14.6. The number of hydrogen-bond acceptors (Lipinski definition) is 3. The van der Waals surface area contributed by atoms with E-state index in [1.54, 1.807) is 6.07 Å². The number of hydrogen-bond donors (Lipinski definition) is 1. The van der Waals surface area contributed by atoms with Crippen molar-refractivity contribution in [3.05, 3.63) is 70.0 Å². The van der Waals surface area contributed by atoms with Crippen LogP contribution >= 0.6 is 11.6 Å². The molecule has 1 amide bonds. The van der Waals surface area contributed by atoms with Crippen molar-refractivity contribution in [1.82, 2.24) is 10.2 Å². The second-order valence-electron chi connectivity index (χ2n) is 6.66. The van der Waals surface area contributed by atoms with Crippen LogP contribution in [0, 0.1) is 17.5 Å². The van der Waals surface area contributed by atoms with Crippen LogP contribution < -0.4 is 5.32 Å². The molecule has 1 N–H and O–H groups in total. The largest absolute Gasteiger partial charge is 0.376 e. The lowest BCUT2D eigenvalue weighted by atomic mass is 10.0. The highest BCUT2D eigenvalue weighted by Gasteiger charge is 2.30. The molecule has 2 aromatic carbocycles. The van der Waals surface area contributed by atoms with Crippen LogP contribution in [0.5, 0.6) is 0 Å². The van der Waals surface area contributed by atoms with Gasteiger partial charge in [0, 0.05) is 30.2 Å². The third-order valence-corrected chi connectivity index (χ3v) is 5.00. The van der Waals surface area contributed by atoms with E-state index in [4.69, 9.17) is 16.3 Å². The zero-order valence-electron chi connectivity index (χ0n) is 15.2. The molecule has 0 unspecified atom stereocenters. The Balaban J connectivity index is 1.85. The van der Waals surface area contributed by atoms with Gasteiger partial charge in [0.05, 0.1) is 24.3 Å². The third kappa shape index (κ3) is 4.66. The Morgan fingerprint density at radius 1 is 1.29 bits per heavy atom. The summed E-state index contributed by atoms with van der Waals surface area (Å²) in [6.45, 7) is 3.36. The van der Waals surface area contributed by atoms with Gasteiger partial charge in [-0.1, -0.05) is 17.7 Å². The zero-order valence-corrected chi connectivity index (χ0v) is 16.0. The van der Waals surface area contributed by atoms with E-state index in [1.165, 1.54) is 12.1 Å². The summed E-state index contributed by atoms with van der Waals surface area (Å²) in [4.78, 5) is 14.3. The van der Waals surface area contributed by atoms with E-state index in [0.29, 0.717) is 19.7 Å². The van der Waals surface area contributed by atoms with Crippen molar-refractivity contribution in [1.29, 1.82) is 0 Å². The summed E-state index contributed by atoms with van der Waals surface area (Å²) in [6, 6.07) is 6.44. The van der Waals surface area contributed by atoms with Gasteiger partial charge in [-0.3, -0.25) is 9.69 Å². The number of carbonyl (C=O) groups excluding carboxylic acids is 1. The fraction of sp³-hybridized carbons (Fsp3) is 0.350. The second kappa shape index (κ2) is 8.94. The molecule has 0 aliphatic carbocycles. The summed E-state index contributed by atoms with van der Waals surface area (Å²) in [7, 11) is 0. The predicted octanol–water partition coefficient (Wildman–Crippen LogP) is 3.95. The Morgan fingerprint density at radius 2 is 2.07 bits per heavy atom. The Hall–Kier alpha value is -2.09. The van der Waals surface area contributed by atoms with E-state index in [1.807, 2.05) is 11.8 Å². The first-order valence-corrected chi connectivity index (χ1v) is 9.27. The molecule has 3 rings (SSSR count). The molecule has 0 bridgehead atoms. The highest BCUT2D eigenvalue weighted by molar-refractivity contribution is 6.31. The van der Waals surface area contributed by atoms with Crippen molar-refractivity contribution in [2.24, 2.45) is 0 Å². The lowest BCUT2D eigenvalue weighted by Crippen LogP contribution is -2.47. The zero-order chi connectivity index (χ0) is 20.3. The van der Waals surface area contributed by atoms with Gasteiger partial charge in [0.2, 0.25) is 0 Å². The average Bonchev–Trinajstić information content (AvgIpc) is 2.65. The minimum atomic E-state index is -0.834. The molecule has 0 aromatic heterocycles. The van der Waals surface area contributed by atoms with Gasteiger partial charge < -0.3 is 10.1 Å². The molecule has 0 radical (unpaired) electrons. The number of benzene rings is 2. The molecule has 8 heteroatoms. The first-order chi connectivity index (χ1) is 13.4. The van der Waals surface area contributed by atoms with E-state index >= 15 is 0 Å². The molecule has 1 fully saturated rings. The highest BCUT2D eigenvalue weighted by atomic mass is 35.5. The quantitative estimate of drug-likeness (QED) is 0.808. The number of halogens is 4. The van der Waals surface area contributed by atoms with Crippen molar-refractivity contribution in [3.8, 4) is 0 Å². The molecule has 150 valence electrons. The van der Waals surface area contributed by atoms with Gasteiger partial charge in [-0.05, 0) is 37.3 Å². The smallest absolute Gasteiger partial charge is 0.254 e. The number of rotatable bonds is 5. The van der Waals surface area contributed by atoms with Crippen molar-refractivity contribution in [2.75, 3.05) is 26.2 Å². The van der Waals surface area contributed by atoms with Crippen LogP contribution in [0.2, 0.25) is 5.02 Å². The summed E-state index contributed by atoms with van der Waals surface area (Å²) in [6.07, 6.45) is -0.0711. The van der Waals surface area contributed by atoms with Gasteiger partial charge >= 0.3 is 0 Å². The second-order valence-corrected chi connectivity index (χ2v) is 7.07. The Bertz CT molecular complexity index is 845. The summed E-state index contributed by atoms with van der Waals surface area (Å²) in [5, 5.41) is 2.81. The maximum atomic E-state index is 14.6. The van der Waals surface area contributed by atoms with Gasteiger partial charge in [0.15, 0.2) is 0 Å². The Labute approximate surface area is 166 Å².